The summed E-state index contributed by atoms with van der Waals surface area (Å²) in [4.78, 5) is 9.42. The number of aromatic nitrogens is 3. The highest BCUT2D eigenvalue weighted by Crippen LogP contribution is 2.37. The molecule has 0 saturated carbocycles. The van der Waals surface area contributed by atoms with Gasteiger partial charge in [-0.3, -0.25) is 0 Å². The van der Waals surface area contributed by atoms with Gasteiger partial charge in [-0.2, -0.15) is 0 Å². The van der Waals surface area contributed by atoms with E-state index >= 15 is 0 Å². The zero-order valence-electron chi connectivity index (χ0n) is 17.4. The molecule has 7 aromatic rings. The van der Waals surface area contributed by atoms with Gasteiger partial charge in [-0.15, -0.1) is 0 Å². The fourth-order valence-electron chi connectivity index (χ4n) is 4.66. The SMILES string of the molecule is Clc1nc2c(nc1-c1ccc3c4ccccc4n(-c4ccccc4)c3c1)oc1ccccc12. The minimum atomic E-state index is 0.357. The first kappa shape index (κ1) is 18.4. The number of fused-ring (bicyclic) bond motifs is 6. The second kappa shape index (κ2) is 6.92. The molecule has 5 heteroatoms. The third-order valence-electron chi connectivity index (χ3n) is 6.13. The van der Waals surface area contributed by atoms with Crippen LogP contribution in [0.15, 0.2) is 101 Å². The summed E-state index contributed by atoms with van der Waals surface area (Å²) >= 11 is 6.66. The van der Waals surface area contributed by atoms with Crippen molar-refractivity contribution in [3.8, 4) is 16.9 Å². The summed E-state index contributed by atoms with van der Waals surface area (Å²) in [5.41, 5.74) is 6.75. The standard InChI is InChI=1S/C28H16ClN3O/c29-27-25(31-28-26(30-27)21-11-5-7-13-24(21)33-28)17-14-15-20-19-10-4-6-12-22(19)32(23(20)16-17)18-8-2-1-3-9-18/h1-16H. The smallest absolute Gasteiger partial charge is 0.247 e. The van der Waals surface area contributed by atoms with Gasteiger partial charge >= 0.3 is 0 Å². The molecule has 33 heavy (non-hydrogen) atoms. The fraction of sp³-hybridized carbons (Fsp3) is 0. The molecule has 0 unspecified atom stereocenters. The molecule has 0 amide bonds. The van der Waals surface area contributed by atoms with Crippen molar-refractivity contribution in [3.63, 3.8) is 0 Å². The van der Waals surface area contributed by atoms with Crippen LogP contribution in [0, 0.1) is 0 Å². The third-order valence-corrected chi connectivity index (χ3v) is 6.40. The summed E-state index contributed by atoms with van der Waals surface area (Å²) in [7, 11) is 0. The third kappa shape index (κ3) is 2.71. The van der Waals surface area contributed by atoms with E-state index in [2.05, 4.69) is 76.3 Å². The van der Waals surface area contributed by atoms with E-state index in [0.29, 0.717) is 22.1 Å². The Labute approximate surface area is 193 Å². The Morgan fingerprint density at radius 3 is 2.27 bits per heavy atom. The summed E-state index contributed by atoms with van der Waals surface area (Å²) in [5.74, 6) is 0. The van der Waals surface area contributed by atoms with Crippen LogP contribution in [0.1, 0.15) is 0 Å². The number of hydrogen-bond acceptors (Lipinski definition) is 3. The molecule has 0 bridgehead atoms. The monoisotopic (exact) mass is 445 g/mol. The van der Waals surface area contributed by atoms with Gasteiger partial charge in [0, 0.05) is 27.4 Å². The van der Waals surface area contributed by atoms with Gasteiger partial charge in [-0.05, 0) is 36.4 Å². The average molecular weight is 446 g/mol. The van der Waals surface area contributed by atoms with Crippen LogP contribution in [0.2, 0.25) is 5.15 Å². The van der Waals surface area contributed by atoms with E-state index in [-0.39, 0.29) is 0 Å². The highest BCUT2D eigenvalue weighted by molar-refractivity contribution is 6.32. The summed E-state index contributed by atoms with van der Waals surface area (Å²) in [6.07, 6.45) is 0. The van der Waals surface area contributed by atoms with E-state index < -0.39 is 0 Å². The Morgan fingerprint density at radius 2 is 1.39 bits per heavy atom. The predicted octanol–water partition coefficient (Wildman–Crippen LogP) is 7.79. The predicted molar refractivity (Wildman–Crippen MR) is 134 cm³/mol. The lowest BCUT2D eigenvalue weighted by atomic mass is 10.1. The minimum Gasteiger partial charge on any atom is -0.436 e. The molecule has 0 spiro atoms. The number of rotatable bonds is 2. The van der Waals surface area contributed by atoms with E-state index in [9.17, 15) is 0 Å². The Morgan fingerprint density at radius 1 is 0.667 bits per heavy atom. The van der Waals surface area contributed by atoms with Gasteiger partial charge in [-0.25, -0.2) is 9.97 Å². The molecule has 0 aliphatic rings. The van der Waals surface area contributed by atoms with E-state index in [4.69, 9.17) is 21.0 Å². The van der Waals surface area contributed by atoms with Gasteiger partial charge in [0.1, 0.15) is 16.8 Å². The molecule has 0 aliphatic carbocycles. The van der Waals surface area contributed by atoms with Crippen molar-refractivity contribution in [2.24, 2.45) is 0 Å². The molecule has 3 heterocycles. The Bertz CT molecular complexity index is 1830. The van der Waals surface area contributed by atoms with E-state index in [1.54, 1.807) is 0 Å². The lowest BCUT2D eigenvalue weighted by Gasteiger charge is -2.09. The molecule has 7 rings (SSSR count). The molecular weight excluding hydrogens is 430 g/mol. The van der Waals surface area contributed by atoms with Crippen molar-refractivity contribution in [2.75, 3.05) is 0 Å². The van der Waals surface area contributed by atoms with Crippen LogP contribution in [0.4, 0.5) is 0 Å². The Hall–Kier alpha value is -4.15. The van der Waals surface area contributed by atoms with Crippen molar-refractivity contribution < 1.29 is 4.42 Å². The largest absolute Gasteiger partial charge is 0.436 e. The second-order valence-electron chi connectivity index (χ2n) is 8.04. The molecule has 4 nitrogen and oxygen atoms in total. The second-order valence-corrected chi connectivity index (χ2v) is 8.39. The lowest BCUT2D eigenvalue weighted by Crippen LogP contribution is -1.94. The quantitative estimate of drug-likeness (QED) is 0.272. The van der Waals surface area contributed by atoms with E-state index in [1.807, 2.05) is 30.3 Å². The topological polar surface area (TPSA) is 43.9 Å². The molecule has 0 saturated heterocycles. The maximum Gasteiger partial charge on any atom is 0.247 e. The number of halogens is 1. The summed E-state index contributed by atoms with van der Waals surface area (Å²) in [6.45, 7) is 0. The highest BCUT2D eigenvalue weighted by Gasteiger charge is 2.17. The van der Waals surface area contributed by atoms with Crippen molar-refractivity contribution in [1.82, 2.24) is 14.5 Å². The molecule has 0 N–H and O–H groups in total. The van der Waals surface area contributed by atoms with Crippen LogP contribution >= 0.6 is 11.6 Å². The maximum absolute atomic E-state index is 6.66. The maximum atomic E-state index is 6.66. The molecule has 0 atom stereocenters. The van der Waals surface area contributed by atoms with Crippen LogP contribution in [0.25, 0.3) is 61.0 Å². The number of hydrogen-bond donors (Lipinski definition) is 0. The normalized spacial score (nSPS) is 11.8. The zero-order valence-corrected chi connectivity index (χ0v) is 18.1. The number of para-hydroxylation sites is 3. The first-order chi connectivity index (χ1) is 16.3. The molecule has 0 aliphatic heterocycles. The molecule has 156 valence electrons. The van der Waals surface area contributed by atoms with Crippen molar-refractivity contribution in [3.05, 3.63) is 102 Å². The molecule has 4 aromatic carbocycles. The lowest BCUT2D eigenvalue weighted by molar-refractivity contribution is 0.653. The molecule has 0 fully saturated rings. The summed E-state index contributed by atoms with van der Waals surface area (Å²) in [6, 6.07) is 32.9. The van der Waals surface area contributed by atoms with Crippen LogP contribution in [-0.4, -0.2) is 14.5 Å². The Kier molecular flexibility index (Phi) is 3.87. The molecular formula is C28H16ClN3O. The molecule has 0 radical (unpaired) electrons. The van der Waals surface area contributed by atoms with Crippen LogP contribution in [0.5, 0.6) is 0 Å². The van der Waals surface area contributed by atoms with E-state index in [0.717, 1.165) is 33.3 Å². The van der Waals surface area contributed by atoms with Gasteiger partial charge in [0.25, 0.3) is 0 Å². The summed E-state index contributed by atoms with van der Waals surface area (Å²) in [5, 5.41) is 3.64. The van der Waals surface area contributed by atoms with Crippen molar-refractivity contribution >= 4 is 55.6 Å². The fourth-order valence-corrected chi connectivity index (χ4v) is 4.89. The summed E-state index contributed by atoms with van der Waals surface area (Å²) < 4.78 is 8.23. The number of nitrogens with zero attached hydrogens (tertiary/aromatic N) is 3. The van der Waals surface area contributed by atoms with Gasteiger partial charge in [-0.1, -0.05) is 72.3 Å². The van der Waals surface area contributed by atoms with Crippen LogP contribution in [-0.2, 0) is 0 Å². The number of benzene rings is 4. The Balaban J connectivity index is 1.52. The first-order valence-corrected chi connectivity index (χ1v) is 11.1. The van der Waals surface area contributed by atoms with Gasteiger partial charge in [0.05, 0.1) is 11.0 Å². The van der Waals surface area contributed by atoms with Gasteiger partial charge in [0.15, 0.2) is 5.15 Å². The highest BCUT2D eigenvalue weighted by atomic mass is 35.5. The van der Waals surface area contributed by atoms with Crippen molar-refractivity contribution in [2.45, 2.75) is 0 Å². The zero-order chi connectivity index (χ0) is 21.9. The van der Waals surface area contributed by atoms with Crippen molar-refractivity contribution in [1.29, 1.82) is 0 Å². The van der Waals surface area contributed by atoms with Gasteiger partial charge < -0.3 is 8.98 Å². The average Bonchev–Trinajstić information content (AvgIpc) is 3.39. The number of furan rings is 1. The van der Waals surface area contributed by atoms with E-state index in [1.165, 1.54) is 10.8 Å². The first-order valence-electron chi connectivity index (χ1n) is 10.7. The minimum absolute atomic E-state index is 0.357. The van der Waals surface area contributed by atoms with Gasteiger partial charge in [0.2, 0.25) is 5.71 Å². The van der Waals surface area contributed by atoms with Crippen LogP contribution in [0.3, 0.4) is 0 Å². The molecule has 3 aromatic heterocycles. The van der Waals surface area contributed by atoms with Crippen LogP contribution < -0.4 is 0 Å².